The predicted molar refractivity (Wildman–Crippen MR) is 87.4 cm³/mol. The van der Waals surface area contributed by atoms with Crippen LogP contribution in [0.15, 0.2) is 21.1 Å². The number of nitrogens with one attached hydrogen (secondary N) is 1. The summed E-state index contributed by atoms with van der Waals surface area (Å²) in [5, 5.41) is 3.49. The van der Waals surface area contributed by atoms with Crippen LogP contribution in [0.4, 0.5) is 0 Å². The summed E-state index contributed by atoms with van der Waals surface area (Å²) in [6, 6.07) is 4.99. The summed E-state index contributed by atoms with van der Waals surface area (Å²) in [6.07, 6.45) is 1.12. The molecule has 0 aliphatic carbocycles. The van der Waals surface area contributed by atoms with Crippen molar-refractivity contribution in [1.29, 1.82) is 0 Å². The van der Waals surface area contributed by atoms with E-state index in [1.165, 1.54) is 20.1 Å². The number of benzene rings is 1. The monoisotopic (exact) mass is 375 g/mol. The van der Waals surface area contributed by atoms with Crippen LogP contribution in [0.1, 0.15) is 45.2 Å². The Morgan fingerprint density at radius 2 is 1.78 bits per heavy atom. The van der Waals surface area contributed by atoms with Crippen LogP contribution in [0, 0.1) is 6.92 Å². The third-order valence-electron chi connectivity index (χ3n) is 3.28. The molecule has 0 aromatic heterocycles. The van der Waals surface area contributed by atoms with Crippen LogP contribution in [-0.4, -0.2) is 12.6 Å². The molecule has 1 rings (SSSR count). The third kappa shape index (κ3) is 4.36. The smallest absolute Gasteiger partial charge is 0.0216 e. The van der Waals surface area contributed by atoms with E-state index in [2.05, 4.69) is 83.9 Å². The van der Waals surface area contributed by atoms with Gasteiger partial charge in [-0.25, -0.2) is 0 Å². The molecule has 18 heavy (non-hydrogen) atoms. The number of aryl methyl sites for hydroxylation is 1. The molecule has 0 saturated carbocycles. The number of hydrogen-bond donors (Lipinski definition) is 1. The van der Waals surface area contributed by atoms with Gasteiger partial charge in [-0.1, -0.05) is 59.6 Å². The maximum absolute atomic E-state index is 3.70. The lowest BCUT2D eigenvalue weighted by Gasteiger charge is -2.28. The Morgan fingerprint density at radius 1 is 1.17 bits per heavy atom. The highest BCUT2D eigenvalue weighted by Gasteiger charge is 2.23. The normalized spacial score (nSPS) is 12.2. The van der Waals surface area contributed by atoms with Crippen LogP contribution in [0.2, 0.25) is 0 Å². The van der Waals surface area contributed by atoms with Gasteiger partial charge in [0.1, 0.15) is 0 Å². The Labute approximate surface area is 128 Å². The number of rotatable bonds is 5. The Bertz CT molecular complexity index is 411. The van der Waals surface area contributed by atoms with Crippen molar-refractivity contribution in [3.8, 4) is 0 Å². The van der Waals surface area contributed by atoms with E-state index >= 15 is 0 Å². The molecule has 0 aliphatic heterocycles. The summed E-state index contributed by atoms with van der Waals surface area (Å²) in [4.78, 5) is 0. The molecule has 102 valence electrons. The van der Waals surface area contributed by atoms with Gasteiger partial charge in [-0.05, 0) is 48.6 Å². The van der Waals surface area contributed by atoms with E-state index in [1.807, 2.05) is 0 Å². The van der Waals surface area contributed by atoms with Crippen molar-refractivity contribution in [1.82, 2.24) is 5.32 Å². The molecule has 3 heteroatoms. The highest BCUT2D eigenvalue weighted by molar-refractivity contribution is 9.11. The fourth-order valence-corrected chi connectivity index (χ4v) is 3.31. The van der Waals surface area contributed by atoms with Crippen molar-refractivity contribution in [2.24, 2.45) is 0 Å². The zero-order chi connectivity index (χ0) is 13.9. The zero-order valence-corrected chi connectivity index (χ0v) is 15.1. The maximum Gasteiger partial charge on any atom is 0.0216 e. The minimum absolute atomic E-state index is 0.164. The summed E-state index contributed by atoms with van der Waals surface area (Å²) < 4.78 is 2.39. The van der Waals surface area contributed by atoms with E-state index in [9.17, 15) is 0 Å². The molecule has 0 radical (unpaired) electrons. The van der Waals surface area contributed by atoms with Crippen molar-refractivity contribution in [2.45, 2.75) is 52.5 Å². The highest BCUT2D eigenvalue weighted by Crippen LogP contribution is 2.36. The molecule has 0 unspecified atom stereocenters. The van der Waals surface area contributed by atoms with Crippen molar-refractivity contribution in [3.05, 3.63) is 32.2 Å². The summed E-state index contributed by atoms with van der Waals surface area (Å²) >= 11 is 7.32. The molecule has 0 spiro atoms. The first-order valence-corrected chi connectivity index (χ1v) is 8.02. The van der Waals surface area contributed by atoms with Gasteiger partial charge in [0.25, 0.3) is 0 Å². The summed E-state index contributed by atoms with van der Waals surface area (Å²) in [6.45, 7) is 12.1. The standard InChI is InChI=1S/C15H23Br2N/c1-10(2)18-7-6-15(4,5)12-9-13(16)11(3)8-14(12)17/h8-10,18H,6-7H2,1-5H3. The van der Waals surface area contributed by atoms with E-state index in [0.717, 1.165) is 13.0 Å². The fraction of sp³-hybridized carbons (Fsp3) is 0.600. The predicted octanol–water partition coefficient (Wildman–Crippen LogP) is 5.19. The van der Waals surface area contributed by atoms with Crippen LogP contribution >= 0.6 is 31.9 Å². The summed E-state index contributed by atoms with van der Waals surface area (Å²) in [5.41, 5.74) is 2.80. The van der Waals surface area contributed by atoms with Crippen LogP contribution < -0.4 is 5.32 Å². The van der Waals surface area contributed by atoms with E-state index < -0.39 is 0 Å². The van der Waals surface area contributed by atoms with E-state index in [1.54, 1.807) is 0 Å². The number of halogens is 2. The first-order chi connectivity index (χ1) is 8.24. The van der Waals surface area contributed by atoms with Crippen molar-refractivity contribution in [2.75, 3.05) is 6.54 Å². The van der Waals surface area contributed by atoms with Crippen molar-refractivity contribution >= 4 is 31.9 Å². The largest absolute Gasteiger partial charge is 0.315 e. The Balaban J connectivity index is 2.87. The summed E-state index contributed by atoms with van der Waals surface area (Å²) in [5.74, 6) is 0. The van der Waals surface area contributed by atoms with E-state index in [4.69, 9.17) is 0 Å². The molecular formula is C15H23Br2N. The van der Waals surface area contributed by atoms with Crippen LogP contribution in [-0.2, 0) is 5.41 Å². The molecule has 1 N–H and O–H groups in total. The molecule has 0 atom stereocenters. The van der Waals surface area contributed by atoms with Crippen LogP contribution in [0.25, 0.3) is 0 Å². The van der Waals surface area contributed by atoms with E-state index in [-0.39, 0.29) is 5.41 Å². The van der Waals surface area contributed by atoms with Gasteiger partial charge >= 0.3 is 0 Å². The third-order valence-corrected chi connectivity index (χ3v) is 4.79. The summed E-state index contributed by atoms with van der Waals surface area (Å²) in [7, 11) is 0. The second-order valence-corrected chi connectivity index (χ2v) is 7.53. The van der Waals surface area contributed by atoms with Gasteiger partial charge in [0.15, 0.2) is 0 Å². The molecule has 0 bridgehead atoms. The molecule has 0 heterocycles. The molecule has 1 aromatic rings. The lowest BCUT2D eigenvalue weighted by atomic mass is 9.81. The quantitative estimate of drug-likeness (QED) is 0.745. The Kier molecular flexibility index (Phi) is 5.88. The topological polar surface area (TPSA) is 12.0 Å². The average molecular weight is 377 g/mol. The SMILES string of the molecule is Cc1cc(Br)c(C(C)(C)CCNC(C)C)cc1Br. The van der Waals surface area contributed by atoms with Crippen molar-refractivity contribution < 1.29 is 0 Å². The van der Waals surface area contributed by atoms with Crippen LogP contribution in [0.3, 0.4) is 0 Å². The molecular weight excluding hydrogens is 354 g/mol. The fourth-order valence-electron chi connectivity index (χ4n) is 1.97. The van der Waals surface area contributed by atoms with Crippen molar-refractivity contribution in [3.63, 3.8) is 0 Å². The first-order valence-electron chi connectivity index (χ1n) is 6.43. The molecule has 0 aliphatic rings. The molecule has 0 saturated heterocycles. The number of hydrogen-bond acceptors (Lipinski definition) is 1. The van der Waals surface area contributed by atoms with Gasteiger partial charge in [-0.15, -0.1) is 0 Å². The van der Waals surface area contributed by atoms with Gasteiger partial charge in [0.05, 0.1) is 0 Å². The second kappa shape index (κ2) is 6.53. The molecule has 0 fully saturated rings. The zero-order valence-electron chi connectivity index (χ0n) is 11.9. The van der Waals surface area contributed by atoms with Crippen LogP contribution in [0.5, 0.6) is 0 Å². The Morgan fingerprint density at radius 3 is 2.33 bits per heavy atom. The van der Waals surface area contributed by atoms with Gasteiger partial charge in [-0.2, -0.15) is 0 Å². The first kappa shape index (κ1) is 16.2. The minimum Gasteiger partial charge on any atom is -0.315 e. The second-order valence-electron chi connectivity index (χ2n) is 5.82. The van der Waals surface area contributed by atoms with Gasteiger partial charge in [0.2, 0.25) is 0 Å². The average Bonchev–Trinajstić information content (AvgIpc) is 2.22. The minimum atomic E-state index is 0.164. The van der Waals surface area contributed by atoms with Gasteiger partial charge in [0, 0.05) is 15.0 Å². The molecule has 1 nitrogen and oxygen atoms in total. The molecule has 1 aromatic carbocycles. The van der Waals surface area contributed by atoms with E-state index in [0.29, 0.717) is 6.04 Å². The van der Waals surface area contributed by atoms with Gasteiger partial charge < -0.3 is 5.32 Å². The Hall–Kier alpha value is 0.140. The lowest BCUT2D eigenvalue weighted by molar-refractivity contribution is 0.440. The van der Waals surface area contributed by atoms with Gasteiger partial charge in [-0.3, -0.25) is 0 Å². The highest BCUT2D eigenvalue weighted by atomic mass is 79.9. The molecule has 0 amide bonds. The maximum atomic E-state index is 3.70. The lowest BCUT2D eigenvalue weighted by Crippen LogP contribution is -2.29.